The van der Waals surface area contributed by atoms with Crippen molar-refractivity contribution in [2.45, 2.75) is 12.1 Å². The fourth-order valence-electron chi connectivity index (χ4n) is 4.14. The van der Waals surface area contributed by atoms with Crippen molar-refractivity contribution in [1.29, 1.82) is 0 Å². The third-order valence-corrected chi connectivity index (χ3v) is 6.81. The summed E-state index contributed by atoms with van der Waals surface area (Å²) >= 11 is 0. The molecule has 1 unspecified atom stereocenters. The van der Waals surface area contributed by atoms with Gasteiger partial charge >= 0.3 is 0 Å². The summed E-state index contributed by atoms with van der Waals surface area (Å²) in [5.74, 6) is -1.15. The number of hydrogen-bond donors (Lipinski definition) is 2. The Labute approximate surface area is 214 Å². The Bertz CT molecular complexity index is 1460. The van der Waals surface area contributed by atoms with Gasteiger partial charge < -0.3 is 15.2 Å². The van der Waals surface area contributed by atoms with Crippen molar-refractivity contribution in [3.63, 3.8) is 0 Å². The molecule has 1 heterocycles. The number of guanidine groups is 1. The molecular weight excluding hydrogens is 501 g/mol. The number of hydrogen-bond acceptors (Lipinski definition) is 7. The molecule has 0 saturated heterocycles. The number of carbonyl (C=O) groups is 1. The van der Waals surface area contributed by atoms with Gasteiger partial charge in [0.05, 0.1) is 26.1 Å². The van der Waals surface area contributed by atoms with E-state index in [-0.39, 0.29) is 30.8 Å². The Hall–Kier alpha value is -3.80. The molecule has 0 radical (unpaired) electrons. The molecule has 0 saturated carbocycles. The van der Waals surface area contributed by atoms with E-state index in [0.717, 1.165) is 11.1 Å². The third kappa shape index (κ3) is 5.33. The van der Waals surface area contributed by atoms with Gasteiger partial charge in [-0.1, -0.05) is 48.5 Å². The summed E-state index contributed by atoms with van der Waals surface area (Å²) < 4.78 is 54.9. The largest absolute Gasteiger partial charge is 0.494 e. The number of aliphatic imine (C=N–C) groups is 1. The van der Waals surface area contributed by atoms with E-state index in [4.69, 9.17) is 19.8 Å². The Balaban J connectivity index is 1.70. The summed E-state index contributed by atoms with van der Waals surface area (Å²) in [5.41, 5.74) is 7.94. The van der Waals surface area contributed by atoms with Crippen LogP contribution in [0.25, 0.3) is 11.1 Å². The molecular formula is C26H26FN3O6S. The normalized spacial score (nSPS) is 17.7. The molecule has 3 aromatic carbocycles. The molecule has 0 fully saturated rings. The van der Waals surface area contributed by atoms with Crippen molar-refractivity contribution in [3.8, 4) is 16.9 Å². The number of nitrogens with two attached hydrogens (primary N) is 1. The predicted molar refractivity (Wildman–Crippen MR) is 136 cm³/mol. The van der Waals surface area contributed by atoms with Gasteiger partial charge in [-0.25, -0.2) is 9.38 Å². The van der Waals surface area contributed by atoms with Gasteiger partial charge in [0.15, 0.2) is 23.1 Å². The summed E-state index contributed by atoms with van der Waals surface area (Å²) in [6, 6.07) is 18.7. The average Bonchev–Trinajstić information content (AvgIpc) is 3.11. The lowest BCUT2D eigenvalue weighted by molar-refractivity contribution is -0.129. The minimum atomic E-state index is -4.10. The average molecular weight is 528 g/mol. The second-order valence-electron chi connectivity index (χ2n) is 8.51. The van der Waals surface area contributed by atoms with Crippen molar-refractivity contribution in [2.24, 2.45) is 10.7 Å². The summed E-state index contributed by atoms with van der Waals surface area (Å²) in [7, 11) is -1.16. The van der Waals surface area contributed by atoms with E-state index < -0.39 is 27.2 Å². The van der Waals surface area contributed by atoms with E-state index in [2.05, 4.69) is 4.99 Å². The van der Waals surface area contributed by atoms with E-state index in [9.17, 15) is 17.6 Å². The van der Waals surface area contributed by atoms with Crippen molar-refractivity contribution in [3.05, 3.63) is 89.2 Å². The van der Waals surface area contributed by atoms with Crippen LogP contribution in [0, 0.1) is 5.82 Å². The highest BCUT2D eigenvalue weighted by Gasteiger charge is 2.49. The van der Waals surface area contributed by atoms with E-state index in [1.165, 1.54) is 18.1 Å². The molecule has 1 aliphatic rings. The van der Waals surface area contributed by atoms with Gasteiger partial charge in [0, 0.05) is 7.05 Å². The molecule has 0 aliphatic carbocycles. The van der Waals surface area contributed by atoms with Gasteiger partial charge in [0.2, 0.25) is 0 Å². The minimum absolute atomic E-state index is 0.0662. The number of ether oxygens (including phenoxy) is 2. The van der Waals surface area contributed by atoms with Crippen LogP contribution in [0.5, 0.6) is 5.75 Å². The van der Waals surface area contributed by atoms with Crippen LogP contribution in [-0.4, -0.2) is 56.3 Å². The van der Waals surface area contributed by atoms with Gasteiger partial charge in [-0.3, -0.25) is 14.2 Å². The number of nitrogens with zero attached hydrogens (tertiary/aromatic N) is 2. The molecule has 194 valence electrons. The van der Waals surface area contributed by atoms with Gasteiger partial charge in [-0.05, 0) is 46.0 Å². The van der Waals surface area contributed by atoms with Crippen LogP contribution in [0.3, 0.4) is 0 Å². The molecule has 0 bridgehead atoms. The quantitative estimate of drug-likeness (QED) is 0.323. The zero-order valence-corrected chi connectivity index (χ0v) is 21.0. The summed E-state index contributed by atoms with van der Waals surface area (Å²) in [6.07, 6.45) is 0. The SMILES string of the molecule is COc1cc(-c2cccc(C3(c4ccc(COCCS(=O)(=O)O)cc4)N=C(N)N(C)C3=O)c2)ccc1F. The van der Waals surface area contributed by atoms with Crippen LogP contribution in [-0.2, 0) is 31.8 Å². The monoisotopic (exact) mass is 527 g/mol. The number of carbonyl (C=O) groups excluding carboxylic acids is 1. The van der Waals surface area contributed by atoms with E-state index in [1.807, 2.05) is 12.1 Å². The molecule has 1 amide bonds. The zero-order valence-electron chi connectivity index (χ0n) is 20.2. The fourth-order valence-corrected chi connectivity index (χ4v) is 4.47. The van der Waals surface area contributed by atoms with Gasteiger partial charge in [0.25, 0.3) is 16.0 Å². The minimum Gasteiger partial charge on any atom is -0.494 e. The van der Waals surface area contributed by atoms with Crippen LogP contribution in [0.15, 0.2) is 71.7 Å². The lowest BCUT2D eigenvalue weighted by Crippen LogP contribution is -2.41. The number of likely N-dealkylation sites (N-methyl/N-ethyl adjacent to an activating group) is 1. The number of methoxy groups -OCH3 is 1. The van der Waals surface area contributed by atoms with Crippen LogP contribution in [0.4, 0.5) is 4.39 Å². The van der Waals surface area contributed by atoms with Crippen molar-refractivity contribution < 1.29 is 31.6 Å². The molecule has 37 heavy (non-hydrogen) atoms. The maximum absolute atomic E-state index is 14.0. The fraction of sp³-hybridized carbons (Fsp3) is 0.231. The van der Waals surface area contributed by atoms with E-state index >= 15 is 0 Å². The Morgan fingerprint density at radius 2 is 1.76 bits per heavy atom. The summed E-state index contributed by atoms with van der Waals surface area (Å²) in [4.78, 5) is 19.5. The van der Waals surface area contributed by atoms with Crippen molar-refractivity contribution >= 4 is 22.0 Å². The smallest absolute Gasteiger partial charge is 0.267 e. The van der Waals surface area contributed by atoms with Crippen molar-refractivity contribution in [1.82, 2.24) is 4.90 Å². The van der Waals surface area contributed by atoms with Crippen molar-refractivity contribution in [2.75, 3.05) is 26.5 Å². The second kappa shape index (κ2) is 10.3. The molecule has 0 aromatic heterocycles. The Morgan fingerprint density at radius 1 is 1.05 bits per heavy atom. The van der Waals surface area contributed by atoms with Gasteiger partial charge in [0.1, 0.15) is 0 Å². The molecule has 3 N–H and O–H groups in total. The molecule has 0 spiro atoms. The Morgan fingerprint density at radius 3 is 2.38 bits per heavy atom. The first-order valence-electron chi connectivity index (χ1n) is 11.3. The van der Waals surface area contributed by atoms with Gasteiger partial charge in [-0.2, -0.15) is 8.42 Å². The third-order valence-electron chi connectivity index (χ3n) is 6.13. The number of rotatable bonds is 9. The number of benzene rings is 3. The predicted octanol–water partition coefficient (Wildman–Crippen LogP) is 2.94. The second-order valence-corrected chi connectivity index (χ2v) is 10.1. The maximum Gasteiger partial charge on any atom is 0.267 e. The number of amides is 1. The highest BCUT2D eigenvalue weighted by Crippen LogP contribution is 2.41. The Kier molecular flexibility index (Phi) is 7.30. The maximum atomic E-state index is 14.0. The zero-order chi connectivity index (χ0) is 26.8. The molecule has 9 nitrogen and oxygen atoms in total. The first-order chi connectivity index (χ1) is 17.5. The highest BCUT2D eigenvalue weighted by atomic mass is 32.2. The lowest BCUT2D eigenvalue weighted by Gasteiger charge is -2.27. The topological polar surface area (TPSA) is 132 Å². The van der Waals surface area contributed by atoms with Gasteiger partial charge in [-0.15, -0.1) is 0 Å². The summed E-state index contributed by atoms with van der Waals surface area (Å²) in [5, 5.41) is 0. The van der Waals surface area contributed by atoms with Crippen LogP contribution in [0.2, 0.25) is 0 Å². The van der Waals surface area contributed by atoms with E-state index in [1.54, 1.807) is 55.6 Å². The van der Waals surface area contributed by atoms with E-state index in [0.29, 0.717) is 16.7 Å². The summed E-state index contributed by atoms with van der Waals surface area (Å²) in [6.45, 7) is -0.0421. The standard InChI is InChI=1S/C26H26FN3O6S/c1-30-24(31)26(29-25(30)28,20-9-6-17(7-10-20)16-36-12-13-37(32,33)34)21-5-3-4-18(14-21)19-8-11-22(27)23(15-19)35-2/h3-11,14-15H,12-13,16H2,1-2H3,(H2,28,29)(H,32,33,34). The first-order valence-corrected chi connectivity index (χ1v) is 12.9. The molecule has 4 rings (SSSR count). The molecule has 3 aromatic rings. The number of halogens is 1. The van der Waals surface area contributed by atoms with Crippen LogP contribution < -0.4 is 10.5 Å². The lowest BCUT2D eigenvalue weighted by atomic mass is 9.81. The molecule has 1 atom stereocenters. The van der Waals surface area contributed by atoms with Crippen LogP contribution in [0.1, 0.15) is 16.7 Å². The first kappa shape index (κ1) is 26.3. The molecule has 11 heteroatoms. The van der Waals surface area contributed by atoms with Crippen LogP contribution >= 0.6 is 0 Å². The molecule has 1 aliphatic heterocycles. The highest BCUT2D eigenvalue weighted by molar-refractivity contribution is 7.85.